The lowest BCUT2D eigenvalue weighted by Crippen LogP contribution is -2.09. The van der Waals surface area contributed by atoms with Gasteiger partial charge < -0.3 is 14.5 Å². The van der Waals surface area contributed by atoms with Crippen LogP contribution in [0, 0.1) is 0 Å². The van der Waals surface area contributed by atoms with Gasteiger partial charge in [-0.25, -0.2) is 0 Å². The van der Waals surface area contributed by atoms with Gasteiger partial charge >= 0.3 is 0 Å². The molecule has 47 heavy (non-hydrogen) atoms. The molecule has 0 spiro atoms. The summed E-state index contributed by atoms with van der Waals surface area (Å²) in [5.41, 5.74) is 16.3. The summed E-state index contributed by atoms with van der Waals surface area (Å²) in [6.45, 7) is 0. The molecule has 10 aromatic rings. The van der Waals surface area contributed by atoms with Crippen molar-refractivity contribution < 1.29 is 0 Å². The number of fused-ring (bicyclic) bond motifs is 10. The summed E-state index contributed by atoms with van der Waals surface area (Å²) in [6, 6.07) is 51.7. The second kappa shape index (κ2) is 9.24. The first kappa shape index (κ1) is 25.2. The van der Waals surface area contributed by atoms with Gasteiger partial charge in [-0.05, 0) is 119 Å². The van der Waals surface area contributed by atoms with Crippen LogP contribution in [-0.4, -0.2) is 14.5 Å². The molecule has 3 nitrogen and oxygen atoms in total. The Labute approximate surface area is 270 Å². The van der Waals surface area contributed by atoms with Crippen LogP contribution in [0.3, 0.4) is 0 Å². The van der Waals surface area contributed by atoms with Crippen molar-refractivity contribution in [2.75, 3.05) is 0 Å². The highest BCUT2D eigenvalue weighted by molar-refractivity contribution is 6.13. The highest BCUT2D eigenvalue weighted by atomic mass is 15.0. The van der Waals surface area contributed by atoms with Gasteiger partial charge in [-0.15, -0.1) is 0 Å². The quantitative estimate of drug-likeness (QED) is 0.203. The third-order valence-electron chi connectivity index (χ3n) is 10.6. The van der Waals surface area contributed by atoms with Gasteiger partial charge in [0.05, 0.1) is 11.0 Å². The molecule has 0 aliphatic heterocycles. The fourth-order valence-corrected chi connectivity index (χ4v) is 8.04. The van der Waals surface area contributed by atoms with Crippen molar-refractivity contribution in [3.05, 3.63) is 151 Å². The van der Waals surface area contributed by atoms with Crippen LogP contribution in [0.5, 0.6) is 0 Å². The van der Waals surface area contributed by atoms with Crippen LogP contribution < -0.4 is 0 Å². The molecule has 3 aromatic heterocycles. The van der Waals surface area contributed by atoms with Gasteiger partial charge in [-0.2, -0.15) is 0 Å². The Morgan fingerprint density at radius 1 is 0.362 bits per heavy atom. The maximum absolute atomic E-state index is 3.67. The zero-order valence-corrected chi connectivity index (χ0v) is 25.6. The summed E-state index contributed by atoms with van der Waals surface area (Å²) < 4.78 is 2.44. The third-order valence-corrected chi connectivity index (χ3v) is 10.6. The summed E-state index contributed by atoms with van der Waals surface area (Å²) in [6.07, 6.45) is 2.39. The van der Waals surface area contributed by atoms with Gasteiger partial charge in [0, 0.05) is 60.1 Å². The lowest BCUT2D eigenvalue weighted by atomic mass is 9.88. The van der Waals surface area contributed by atoms with Crippen LogP contribution in [0.15, 0.2) is 140 Å². The van der Waals surface area contributed by atoms with Crippen molar-refractivity contribution in [2.24, 2.45) is 0 Å². The van der Waals surface area contributed by atoms with E-state index >= 15 is 0 Å². The predicted molar refractivity (Wildman–Crippen MR) is 198 cm³/mol. The van der Waals surface area contributed by atoms with Crippen molar-refractivity contribution in [1.82, 2.24) is 14.5 Å². The molecular weight excluding hydrogens is 571 g/mol. The molecule has 2 N–H and O–H groups in total. The average molecular weight is 600 g/mol. The first-order valence-electron chi connectivity index (χ1n) is 16.5. The van der Waals surface area contributed by atoms with Gasteiger partial charge in [0.25, 0.3) is 0 Å². The topological polar surface area (TPSA) is 36.5 Å². The molecule has 3 heterocycles. The standard InChI is InChI=1S/C44H29N3/c1-3-7-39-33(5-1)35-22-28(12-17-40(35)45-39)29-13-18-41-36(23-29)37-24-30(14-19-42(37)46-41)31-15-20-44-38(25-31)34-6-2-4-8-43(34)47(44)32-16-11-26-9-10-27(26)21-32/h1-8,11-25,45-46H,9-10H2. The first-order chi connectivity index (χ1) is 23.2. The largest absolute Gasteiger partial charge is 0.355 e. The Balaban J connectivity index is 1.05. The number of hydrogen-bond donors (Lipinski definition) is 2. The molecule has 0 bridgehead atoms. The number of benzene rings is 7. The number of aromatic nitrogens is 3. The van der Waals surface area contributed by atoms with Crippen LogP contribution in [0.1, 0.15) is 11.1 Å². The van der Waals surface area contributed by atoms with Crippen molar-refractivity contribution >= 4 is 65.4 Å². The zero-order valence-electron chi connectivity index (χ0n) is 25.6. The molecule has 3 heteroatoms. The molecule has 0 radical (unpaired) electrons. The van der Waals surface area contributed by atoms with E-state index in [1.54, 1.807) is 0 Å². The molecule has 0 unspecified atom stereocenters. The molecule has 0 atom stereocenters. The number of aromatic amines is 2. The summed E-state index contributed by atoms with van der Waals surface area (Å²) in [5, 5.41) is 7.59. The molecule has 0 saturated heterocycles. The van der Waals surface area contributed by atoms with E-state index in [9.17, 15) is 0 Å². The Morgan fingerprint density at radius 2 is 0.872 bits per heavy atom. The van der Waals surface area contributed by atoms with E-state index in [-0.39, 0.29) is 0 Å². The minimum absolute atomic E-state index is 1.16. The smallest absolute Gasteiger partial charge is 0.0541 e. The number of H-pyrrole nitrogens is 2. The van der Waals surface area contributed by atoms with Gasteiger partial charge in [0.1, 0.15) is 0 Å². The summed E-state index contributed by atoms with van der Waals surface area (Å²) in [7, 11) is 0. The van der Waals surface area contributed by atoms with E-state index in [4.69, 9.17) is 0 Å². The molecule has 0 saturated carbocycles. The molecular formula is C44H29N3. The molecule has 7 aromatic carbocycles. The maximum Gasteiger partial charge on any atom is 0.0541 e. The van der Waals surface area contributed by atoms with Crippen molar-refractivity contribution in [3.63, 3.8) is 0 Å². The third kappa shape index (κ3) is 3.62. The Hall–Kier alpha value is -6.06. The average Bonchev–Trinajstić information content (AvgIpc) is 3.77. The van der Waals surface area contributed by atoms with E-state index in [2.05, 4.69) is 154 Å². The minimum atomic E-state index is 1.16. The number of aryl methyl sites for hydroxylation is 2. The SMILES string of the molecule is c1ccc2c(c1)[nH]c1ccc(-c3ccc4[nH]c5ccc(-c6ccc7c(c6)c6ccccc6n7-c6ccc7c(c6)CC7)cc5c4c3)cc12. The normalized spacial score (nSPS) is 12.9. The minimum Gasteiger partial charge on any atom is -0.355 e. The fraction of sp³-hybridized carbons (Fsp3) is 0.0455. The van der Waals surface area contributed by atoms with Crippen LogP contribution in [0.2, 0.25) is 0 Å². The number of hydrogen-bond acceptors (Lipinski definition) is 0. The second-order valence-electron chi connectivity index (χ2n) is 13.1. The van der Waals surface area contributed by atoms with Gasteiger partial charge in [0.2, 0.25) is 0 Å². The second-order valence-corrected chi connectivity index (χ2v) is 13.1. The fourth-order valence-electron chi connectivity index (χ4n) is 8.04. The van der Waals surface area contributed by atoms with Crippen molar-refractivity contribution in [2.45, 2.75) is 12.8 Å². The van der Waals surface area contributed by atoms with E-state index in [0.29, 0.717) is 0 Å². The van der Waals surface area contributed by atoms with Crippen LogP contribution in [-0.2, 0) is 12.8 Å². The molecule has 11 rings (SSSR count). The van der Waals surface area contributed by atoms with Gasteiger partial charge in [-0.3, -0.25) is 0 Å². The number of rotatable bonds is 3. The van der Waals surface area contributed by atoms with E-state index < -0.39 is 0 Å². The van der Waals surface area contributed by atoms with E-state index in [1.807, 2.05) is 0 Å². The summed E-state index contributed by atoms with van der Waals surface area (Å²) in [5.74, 6) is 0. The Kier molecular flexibility index (Phi) is 4.95. The highest BCUT2D eigenvalue weighted by Crippen LogP contribution is 2.38. The number of para-hydroxylation sites is 2. The number of nitrogens with zero attached hydrogens (tertiary/aromatic N) is 1. The Bertz CT molecular complexity index is 2910. The van der Waals surface area contributed by atoms with Crippen LogP contribution >= 0.6 is 0 Å². The highest BCUT2D eigenvalue weighted by Gasteiger charge is 2.18. The van der Waals surface area contributed by atoms with Crippen LogP contribution in [0.4, 0.5) is 0 Å². The molecule has 0 amide bonds. The molecule has 0 fully saturated rings. The maximum atomic E-state index is 3.67. The summed E-state index contributed by atoms with van der Waals surface area (Å²) >= 11 is 0. The lowest BCUT2D eigenvalue weighted by Gasteiger charge is -2.20. The first-order valence-corrected chi connectivity index (χ1v) is 16.5. The van der Waals surface area contributed by atoms with Crippen molar-refractivity contribution in [1.29, 1.82) is 0 Å². The number of nitrogens with one attached hydrogen (secondary N) is 2. The Morgan fingerprint density at radius 3 is 1.51 bits per heavy atom. The molecule has 1 aliphatic rings. The summed E-state index contributed by atoms with van der Waals surface area (Å²) in [4.78, 5) is 7.22. The van der Waals surface area contributed by atoms with E-state index in [0.717, 1.165) is 11.0 Å². The predicted octanol–water partition coefficient (Wildman–Crippen LogP) is 11.5. The van der Waals surface area contributed by atoms with Gasteiger partial charge in [-0.1, -0.05) is 66.7 Å². The lowest BCUT2D eigenvalue weighted by molar-refractivity contribution is 0.836. The molecule has 220 valence electrons. The zero-order chi connectivity index (χ0) is 30.6. The van der Waals surface area contributed by atoms with Crippen molar-refractivity contribution in [3.8, 4) is 27.9 Å². The monoisotopic (exact) mass is 599 g/mol. The molecule has 1 aliphatic carbocycles. The van der Waals surface area contributed by atoms with Crippen LogP contribution in [0.25, 0.3) is 93.4 Å². The van der Waals surface area contributed by atoms with E-state index in [1.165, 1.54) is 106 Å². The van der Waals surface area contributed by atoms with Gasteiger partial charge in [0.15, 0.2) is 0 Å².